The topological polar surface area (TPSA) is 70.1 Å². The smallest absolute Gasteiger partial charge is 0.284 e. The fourth-order valence-corrected chi connectivity index (χ4v) is 6.80. The maximum absolute atomic E-state index is 13.0. The summed E-state index contributed by atoms with van der Waals surface area (Å²) in [5.74, 6) is -0.232. The van der Waals surface area contributed by atoms with Gasteiger partial charge in [0.2, 0.25) is 0 Å². The molecule has 29 heavy (non-hydrogen) atoms. The SMILES string of the molecule is CCN1C(=O)/C(=C2\Sc3ccccc3N2C)S/C1=N\S(=O)(=O)c1ccc(Br)cc1. The van der Waals surface area contributed by atoms with Gasteiger partial charge in [-0.2, -0.15) is 8.42 Å². The Morgan fingerprint density at radius 3 is 2.41 bits per heavy atom. The van der Waals surface area contributed by atoms with Crippen LogP contribution in [0.1, 0.15) is 6.92 Å². The Bertz CT molecular complexity index is 1160. The number of rotatable bonds is 3. The van der Waals surface area contributed by atoms with E-state index in [9.17, 15) is 13.2 Å². The quantitative estimate of drug-likeness (QED) is 0.567. The number of halogens is 1. The highest BCUT2D eigenvalue weighted by Gasteiger charge is 2.39. The van der Waals surface area contributed by atoms with E-state index in [2.05, 4.69) is 20.3 Å². The van der Waals surface area contributed by atoms with Crippen molar-refractivity contribution in [1.82, 2.24) is 4.90 Å². The van der Waals surface area contributed by atoms with Crippen molar-refractivity contribution in [2.24, 2.45) is 4.40 Å². The average Bonchev–Trinajstić information content (AvgIpc) is 3.18. The predicted octanol–water partition coefficient (Wildman–Crippen LogP) is 4.50. The Morgan fingerprint density at radius 2 is 1.76 bits per heavy atom. The minimum atomic E-state index is -3.93. The molecule has 1 fully saturated rings. The zero-order valence-electron chi connectivity index (χ0n) is 15.5. The number of nitrogens with zero attached hydrogens (tertiary/aromatic N) is 3. The normalized spacial score (nSPS) is 20.7. The van der Waals surface area contributed by atoms with Crippen LogP contribution in [0.4, 0.5) is 5.69 Å². The maximum atomic E-state index is 13.0. The van der Waals surface area contributed by atoms with E-state index in [0.717, 1.165) is 31.8 Å². The Morgan fingerprint density at radius 1 is 1.07 bits per heavy atom. The van der Waals surface area contributed by atoms with Crippen molar-refractivity contribution >= 4 is 66.2 Å². The molecule has 0 aromatic heterocycles. The zero-order valence-corrected chi connectivity index (χ0v) is 19.5. The monoisotopic (exact) mass is 509 g/mol. The summed E-state index contributed by atoms with van der Waals surface area (Å²) < 4.78 is 30.3. The molecule has 0 saturated carbocycles. The van der Waals surface area contributed by atoms with E-state index in [0.29, 0.717) is 11.4 Å². The Balaban J connectivity index is 1.73. The Labute approximate surface area is 186 Å². The maximum Gasteiger partial charge on any atom is 0.284 e. The van der Waals surface area contributed by atoms with E-state index in [1.807, 2.05) is 36.2 Å². The molecule has 0 bridgehead atoms. The predicted molar refractivity (Wildman–Crippen MR) is 121 cm³/mol. The van der Waals surface area contributed by atoms with Gasteiger partial charge in [-0.1, -0.05) is 39.8 Å². The molecule has 150 valence electrons. The number of thioether (sulfide) groups is 2. The highest BCUT2D eigenvalue weighted by molar-refractivity contribution is 9.10. The third kappa shape index (κ3) is 3.74. The highest BCUT2D eigenvalue weighted by Crippen LogP contribution is 2.49. The van der Waals surface area contributed by atoms with Crippen LogP contribution in [0.2, 0.25) is 0 Å². The summed E-state index contributed by atoms with van der Waals surface area (Å²) in [6, 6.07) is 14.1. The number of amides is 1. The van der Waals surface area contributed by atoms with Gasteiger partial charge in [-0.15, -0.1) is 4.40 Å². The number of carbonyl (C=O) groups excluding carboxylic acids is 1. The van der Waals surface area contributed by atoms with E-state index >= 15 is 0 Å². The minimum Gasteiger partial charge on any atom is -0.337 e. The van der Waals surface area contributed by atoms with Gasteiger partial charge in [0.05, 0.1) is 15.6 Å². The van der Waals surface area contributed by atoms with Crippen molar-refractivity contribution in [2.75, 3.05) is 18.5 Å². The molecule has 0 N–H and O–H groups in total. The second kappa shape index (κ2) is 7.82. The molecule has 0 aliphatic carbocycles. The number of hydrogen-bond acceptors (Lipinski definition) is 6. The summed E-state index contributed by atoms with van der Waals surface area (Å²) in [4.78, 5) is 18.0. The van der Waals surface area contributed by atoms with Crippen molar-refractivity contribution in [1.29, 1.82) is 0 Å². The van der Waals surface area contributed by atoms with Gasteiger partial charge in [-0.05, 0) is 55.1 Å². The first kappa shape index (κ1) is 20.5. The van der Waals surface area contributed by atoms with Crippen LogP contribution in [0.15, 0.2) is 77.1 Å². The summed E-state index contributed by atoms with van der Waals surface area (Å²) in [5.41, 5.74) is 1.02. The van der Waals surface area contributed by atoms with Crippen LogP contribution in [0.5, 0.6) is 0 Å². The van der Waals surface area contributed by atoms with Gasteiger partial charge in [0.25, 0.3) is 15.9 Å². The van der Waals surface area contributed by atoms with Crippen molar-refractivity contribution in [2.45, 2.75) is 16.7 Å². The van der Waals surface area contributed by atoms with Crippen LogP contribution >= 0.6 is 39.5 Å². The van der Waals surface area contributed by atoms with Crippen molar-refractivity contribution in [3.05, 3.63) is 62.9 Å². The van der Waals surface area contributed by atoms with Crippen molar-refractivity contribution in [3.8, 4) is 0 Å². The first-order chi connectivity index (χ1) is 13.8. The second-order valence-corrected chi connectivity index (χ2v) is 10.7. The summed E-state index contributed by atoms with van der Waals surface area (Å²) in [7, 11) is -2.03. The van der Waals surface area contributed by atoms with Crippen LogP contribution in [-0.4, -0.2) is 38.0 Å². The van der Waals surface area contributed by atoms with E-state index < -0.39 is 10.0 Å². The third-order valence-electron chi connectivity index (χ3n) is 4.42. The lowest BCUT2D eigenvalue weighted by Gasteiger charge is -2.15. The fraction of sp³-hybridized carbons (Fsp3) is 0.158. The average molecular weight is 510 g/mol. The van der Waals surface area contributed by atoms with E-state index in [-0.39, 0.29) is 16.0 Å². The number of carbonyl (C=O) groups is 1. The summed E-state index contributed by atoms with van der Waals surface area (Å²) >= 11 is 5.90. The summed E-state index contributed by atoms with van der Waals surface area (Å²) in [5, 5.41) is 0.957. The molecule has 1 amide bonds. The number of sulfonamides is 1. The molecule has 6 nitrogen and oxygen atoms in total. The molecule has 2 aromatic carbocycles. The van der Waals surface area contributed by atoms with E-state index in [1.165, 1.54) is 28.8 Å². The first-order valence-electron chi connectivity index (χ1n) is 8.67. The van der Waals surface area contributed by atoms with Crippen LogP contribution in [-0.2, 0) is 14.8 Å². The lowest BCUT2D eigenvalue weighted by Crippen LogP contribution is -2.30. The number of amidine groups is 1. The van der Waals surface area contributed by atoms with Crippen molar-refractivity contribution < 1.29 is 13.2 Å². The molecular weight excluding hydrogens is 494 g/mol. The first-order valence-corrected chi connectivity index (χ1v) is 12.5. The lowest BCUT2D eigenvalue weighted by atomic mass is 10.3. The molecule has 4 rings (SSSR count). The molecule has 2 aliphatic heterocycles. The molecule has 2 aliphatic rings. The Kier molecular flexibility index (Phi) is 5.54. The molecule has 1 saturated heterocycles. The molecule has 0 radical (unpaired) electrons. The number of anilines is 1. The van der Waals surface area contributed by atoms with Crippen LogP contribution in [0.3, 0.4) is 0 Å². The number of para-hydroxylation sites is 1. The largest absolute Gasteiger partial charge is 0.337 e. The Hall–Kier alpha value is -1.75. The zero-order chi connectivity index (χ0) is 20.8. The van der Waals surface area contributed by atoms with E-state index in [1.54, 1.807) is 19.1 Å². The van der Waals surface area contributed by atoms with Crippen LogP contribution < -0.4 is 4.90 Å². The van der Waals surface area contributed by atoms with Crippen LogP contribution in [0, 0.1) is 0 Å². The molecular formula is C19H16BrN3O3S3. The van der Waals surface area contributed by atoms with Gasteiger partial charge in [-0.25, -0.2) is 0 Å². The third-order valence-corrected chi connectivity index (χ3v) is 8.78. The number of benzene rings is 2. The van der Waals surface area contributed by atoms with E-state index in [4.69, 9.17) is 0 Å². The van der Waals surface area contributed by atoms with Crippen molar-refractivity contribution in [3.63, 3.8) is 0 Å². The summed E-state index contributed by atoms with van der Waals surface area (Å²) in [6.45, 7) is 2.13. The van der Waals surface area contributed by atoms with Gasteiger partial charge in [0, 0.05) is 23.0 Å². The van der Waals surface area contributed by atoms with Crippen LogP contribution in [0.25, 0.3) is 0 Å². The van der Waals surface area contributed by atoms with Gasteiger partial charge >= 0.3 is 0 Å². The van der Waals surface area contributed by atoms with Gasteiger partial charge < -0.3 is 4.90 Å². The molecule has 2 aromatic rings. The molecule has 0 unspecified atom stereocenters. The number of likely N-dealkylation sites (N-methyl/N-ethyl adjacent to an activating group) is 1. The van der Waals surface area contributed by atoms with Gasteiger partial charge in [-0.3, -0.25) is 9.69 Å². The second-order valence-electron chi connectivity index (χ2n) is 6.22. The van der Waals surface area contributed by atoms with Gasteiger partial charge in [0.15, 0.2) is 5.17 Å². The lowest BCUT2D eigenvalue weighted by molar-refractivity contribution is -0.122. The summed E-state index contributed by atoms with van der Waals surface area (Å²) in [6.07, 6.45) is 0. The van der Waals surface area contributed by atoms with Gasteiger partial charge in [0.1, 0.15) is 4.91 Å². The fourth-order valence-electron chi connectivity index (χ4n) is 2.94. The number of hydrogen-bond donors (Lipinski definition) is 0. The highest BCUT2D eigenvalue weighted by atomic mass is 79.9. The molecule has 10 heteroatoms. The standard InChI is InChI=1S/C19H16BrN3O3S3/c1-3-23-17(24)16(18-22(2)14-6-4-5-7-15(14)27-18)28-19(23)21-29(25,26)13-10-8-12(20)9-11-13/h4-11H,3H2,1-2H3/b18-16+,21-19-. The molecule has 0 spiro atoms. The molecule has 0 atom stereocenters. The minimum absolute atomic E-state index is 0.0816. The number of fused-ring (bicyclic) bond motifs is 1. The molecule has 2 heterocycles.